The molecule has 0 saturated carbocycles. The molecule has 11 aromatic rings. The SMILES string of the molecule is c1ccc(-c2cc(-c3ccccc3)nc(-n3c4ccccc4c4cc(-c5ccc(N6c7ccccc7C(c7ccccc7)(c7ccccc7)c7ccccc76)cc5)ccc43)n2)cc1. The van der Waals surface area contributed by atoms with Crippen LogP contribution in [0.25, 0.3) is 61.4 Å². The molecule has 1 aliphatic rings. The van der Waals surface area contributed by atoms with E-state index in [9.17, 15) is 0 Å². The van der Waals surface area contributed by atoms with Crippen molar-refractivity contribution >= 4 is 38.9 Å². The van der Waals surface area contributed by atoms with Crippen molar-refractivity contribution < 1.29 is 0 Å². The maximum Gasteiger partial charge on any atom is 0.235 e. The monoisotopic (exact) mass is 804 g/mol. The summed E-state index contributed by atoms with van der Waals surface area (Å²) in [5, 5.41) is 2.31. The molecule has 0 aliphatic carbocycles. The molecule has 9 aromatic carbocycles. The van der Waals surface area contributed by atoms with Gasteiger partial charge in [0.25, 0.3) is 0 Å². The fourth-order valence-corrected chi connectivity index (χ4v) is 9.91. The second kappa shape index (κ2) is 15.0. The predicted molar refractivity (Wildman–Crippen MR) is 259 cm³/mol. The zero-order valence-corrected chi connectivity index (χ0v) is 34.4. The molecule has 4 heteroatoms. The lowest BCUT2D eigenvalue weighted by atomic mass is 9.62. The third-order valence-electron chi connectivity index (χ3n) is 12.7. The van der Waals surface area contributed by atoms with Crippen LogP contribution in [0.4, 0.5) is 17.1 Å². The Bertz CT molecular complexity index is 3290. The predicted octanol–water partition coefficient (Wildman–Crippen LogP) is 14.7. The van der Waals surface area contributed by atoms with Crippen molar-refractivity contribution in [2.45, 2.75) is 5.41 Å². The molecule has 296 valence electrons. The van der Waals surface area contributed by atoms with E-state index in [0.717, 1.165) is 61.1 Å². The van der Waals surface area contributed by atoms with Crippen molar-refractivity contribution in [3.8, 4) is 39.6 Å². The van der Waals surface area contributed by atoms with Crippen LogP contribution in [0.5, 0.6) is 0 Å². The summed E-state index contributed by atoms with van der Waals surface area (Å²) in [5.74, 6) is 0.643. The van der Waals surface area contributed by atoms with Crippen molar-refractivity contribution in [3.05, 3.63) is 265 Å². The van der Waals surface area contributed by atoms with Crippen LogP contribution in [0.3, 0.4) is 0 Å². The number of fused-ring (bicyclic) bond motifs is 5. The van der Waals surface area contributed by atoms with Gasteiger partial charge in [0, 0.05) is 27.6 Å². The van der Waals surface area contributed by atoms with Crippen molar-refractivity contribution in [1.29, 1.82) is 0 Å². The minimum atomic E-state index is -0.502. The first-order valence-electron chi connectivity index (χ1n) is 21.5. The number of nitrogens with zero attached hydrogens (tertiary/aromatic N) is 4. The number of benzene rings is 9. The van der Waals surface area contributed by atoms with E-state index >= 15 is 0 Å². The van der Waals surface area contributed by atoms with Gasteiger partial charge < -0.3 is 4.90 Å². The molecule has 0 unspecified atom stereocenters. The summed E-state index contributed by atoms with van der Waals surface area (Å²) in [6.45, 7) is 0. The molecule has 3 heterocycles. The average Bonchev–Trinajstić information content (AvgIpc) is 3.70. The minimum Gasteiger partial charge on any atom is -0.310 e. The number of hydrogen-bond donors (Lipinski definition) is 0. The van der Waals surface area contributed by atoms with E-state index in [1.165, 1.54) is 33.6 Å². The molecule has 4 nitrogen and oxygen atoms in total. The highest BCUT2D eigenvalue weighted by Crippen LogP contribution is 2.57. The quantitative estimate of drug-likeness (QED) is 0.161. The van der Waals surface area contributed by atoms with Crippen LogP contribution in [0.15, 0.2) is 243 Å². The lowest BCUT2D eigenvalue weighted by Gasteiger charge is -2.46. The molecule has 0 saturated heterocycles. The van der Waals surface area contributed by atoms with Crippen LogP contribution in [-0.4, -0.2) is 14.5 Å². The highest BCUT2D eigenvalue weighted by atomic mass is 15.2. The fourth-order valence-electron chi connectivity index (χ4n) is 9.91. The number of aromatic nitrogens is 3. The third kappa shape index (κ3) is 5.91. The molecule has 2 aromatic heterocycles. The molecule has 1 aliphatic heterocycles. The average molecular weight is 805 g/mol. The Morgan fingerprint density at radius 1 is 0.333 bits per heavy atom. The van der Waals surface area contributed by atoms with Crippen molar-refractivity contribution in [2.75, 3.05) is 4.90 Å². The van der Waals surface area contributed by atoms with Crippen molar-refractivity contribution in [1.82, 2.24) is 14.5 Å². The Morgan fingerprint density at radius 2 is 0.794 bits per heavy atom. The van der Waals surface area contributed by atoms with Crippen molar-refractivity contribution in [2.24, 2.45) is 0 Å². The number of rotatable bonds is 7. The van der Waals surface area contributed by atoms with Gasteiger partial charge >= 0.3 is 0 Å². The van der Waals surface area contributed by atoms with E-state index in [-0.39, 0.29) is 0 Å². The van der Waals surface area contributed by atoms with Crippen LogP contribution in [0.1, 0.15) is 22.3 Å². The number of hydrogen-bond acceptors (Lipinski definition) is 3. The van der Waals surface area contributed by atoms with Gasteiger partial charge in [-0.15, -0.1) is 0 Å². The van der Waals surface area contributed by atoms with E-state index in [0.29, 0.717) is 5.95 Å². The van der Waals surface area contributed by atoms with Crippen LogP contribution in [0, 0.1) is 0 Å². The van der Waals surface area contributed by atoms with Gasteiger partial charge in [0.1, 0.15) is 0 Å². The Morgan fingerprint density at radius 3 is 1.37 bits per heavy atom. The third-order valence-corrected chi connectivity index (χ3v) is 12.7. The van der Waals surface area contributed by atoms with E-state index in [1.54, 1.807) is 0 Å². The number of para-hydroxylation sites is 3. The normalized spacial score (nSPS) is 12.9. The summed E-state index contributed by atoms with van der Waals surface area (Å²) in [6, 6.07) is 87.0. The topological polar surface area (TPSA) is 34.0 Å². The van der Waals surface area contributed by atoms with Crippen LogP contribution in [-0.2, 0) is 5.41 Å². The van der Waals surface area contributed by atoms with Gasteiger partial charge in [-0.05, 0) is 81.9 Å². The fraction of sp³-hybridized carbons (Fsp3) is 0.0169. The van der Waals surface area contributed by atoms with Crippen LogP contribution >= 0.6 is 0 Å². The summed E-state index contributed by atoms with van der Waals surface area (Å²) >= 11 is 0. The van der Waals surface area contributed by atoms with E-state index in [4.69, 9.17) is 9.97 Å². The second-order valence-electron chi connectivity index (χ2n) is 16.2. The maximum absolute atomic E-state index is 5.23. The van der Waals surface area contributed by atoms with Gasteiger partial charge in [-0.1, -0.05) is 194 Å². The molecular weight excluding hydrogens is 765 g/mol. The van der Waals surface area contributed by atoms with Gasteiger partial charge in [0.05, 0.1) is 39.2 Å². The molecule has 12 rings (SSSR count). The Balaban J connectivity index is 0.976. The molecule has 63 heavy (non-hydrogen) atoms. The van der Waals surface area contributed by atoms with Gasteiger partial charge in [-0.3, -0.25) is 4.57 Å². The molecule has 0 bridgehead atoms. The van der Waals surface area contributed by atoms with Gasteiger partial charge in [-0.2, -0.15) is 0 Å². The Kier molecular flexibility index (Phi) is 8.68. The first-order valence-corrected chi connectivity index (χ1v) is 21.5. The van der Waals surface area contributed by atoms with Gasteiger partial charge in [-0.25, -0.2) is 9.97 Å². The zero-order valence-electron chi connectivity index (χ0n) is 34.4. The Labute approximate surface area is 366 Å². The zero-order chi connectivity index (χ0) is 41.7. The lowest BCUT2D eigenvalue weighted by Crippen LogP contribution is -2.37. The molecular formula is C59H40N4. The maximum atomic E-state index is 5.23. The largest absolute Gasteiger partial charge is 0.310 e. The highest BCUT2D eigenvalue weighted by molar-refractivity contribution is 6.10. The molecule has 0 fully saturated rings. The van der Waals surface area contributed by atoms with E-state index in [1.807, 2.05) is 12.1 Å². The minimum absolute atomic E-state index is 0.502. The standard InChI is InChI=1S/C59H40N4/c1-5-19-42(20-6-1)52-40-53(43-21-7-2-8-22-43)61-58(60-52)63-54-30-16-13-27-48(54)49-39-44(35-38-55(49)63)41-33-36-47(37-34-41)62-56-31-17-14-28-50(56)59(45-23-9-3-10-24-45,46-25-11-4-12-26-46)51-29-15-18-32-57(51)62/h1-40H. The molecule has 0 atom stereocenters. The highest BCUT2D eigenvalue weighted by Gasteiger charge is 2.46. The smallest absolute Gasteiger partial charge is 0.235 e. The molecule has 0 amide bonds. The Hall–Kier alpha value is -8.34. The summed E-state index contributed by atoms with van der Waals surface area (Å²) in [5.41, 5.74) is 16.2. The molecule has 0 spiro atoms. The first kappa shape index (κ1) is 36.5. The summed E-state index contributed by atoms with van der Waals surface area (Å²) in [7, 11) is 0. The summed E-state index contributed by atoms with van der Waals surface area (Å²) in [4.78, 5) is 12.9. The first-order chi connectivity index (χ1) is 31.3. The van der Waals surface area contributed by atoms with Crippen molar-refractivity contribution in [3.63, 3.8) is 0 Å². The number of anilines is 3. The molecule has 0 radical (unpaired) electrons. The summed E-state index contributed by atoms with van der Waals surface area (Å²) < 4.78 is 2.21. The second-order valence-corrected chi connectivity index (χ2v) is 16.2. The van der Waals surface area contributed by atoms with E-state index in [2.05, 4.69) is 240 Å². The van der Waals surface area contributed by atoms with Crippen LogP contribution in [0.2, 0.25) is 0 Å². The summed E-state index contributed by atoms with van der Waals surface area (Å²) in [6.07, 6.45) is 0. The lowest BCUT2D eigenvalue weighted by molar-refractivity contribution is 0.731. The van der Waals surface area contributed by atoms with Crippen LogP contribution < -0.4 is 4.90 Å². The van der Waals surface area contributed by atoms with Gasteiger partial charge in [0.15, 0.2) is 0 Å². The van der Waals surface area contributed by atoms with Gasteiger partial charge in [0.2, 0.25) is 5.95 Å². The molecule has 0 N–H and O–H groups in total. The van der Waals surface area contributed by atoms with E-state index < -0.39 is 5.41 Å².